The molecule has 0 aliphatic carbocycles. The molecule has 0 N–H and O–H groups in total. The average molecular weight is 321 g/mol. The van der Waals surface area contributed by atoms with E-state index in [-0.39, 0.29) is 6.61 Å². The van der Waals surface area contributed by atoms with Gasteiger partial charge in [-0.2, -0.15) is 4.90 Å². The molecule has 1 saturated heterocycles. The van der Waals surface area contributed by atoms with Gasteiger partial charge in [0.2, 0.25) is 6.29 Å². The molecule has 7 nitrogen and oxygen atoms in total. The van der Waals surface area contributed by atoms with Crippen molar-refractivity contribution in [3.8, 4) is 5.75 Å². The molecular formula is C16H19NO6. The Balaban J connectivity index is 2.08. The molecule has 1 aromatic carbocycles. The largest absolute Gasteiger partial charge is 0.461 e. The van der Waals surface area contributed by atoms with Gasteiger partial charge < -0.3 is 18.9 Å². The average Bonchev–Trinajstić information content (AvgIpc) is 2.97. The van der Waals surface area contributed by atoms with Gasteiger partial charge in [0.05, 0.1) is 0 Å². The van der Waals surface area contributed by atoms with Crippen molar-refractivity contribution >= 4 is 12.2 Å². The maximum atomic E-state index is 12.6. The third-order valence-electron chi connectivity index (χ3n) is 3.76. The lowest BCUT2D eigenvalue weighted by molar-refractivity contribution is -0.120. The Labute approximate surface area is 134 Å². The van der Waals surface area contributed by atoms with Gasteiger partial charge in [0.1, 0.15) is 18.0 Å². The highest BCUT2D eigenvalue weighted by Crippen LogP contribution is 2.49. The van der Waals surface area contributed by atoms with Crippen LogP contribution in [0.5, 0.6) is 5.75 Å². The lowest BCUT2D eigenvalue weighted by Gasteiger charge is -2.34. The Bertz CT molecular complexity index is 652. The second-order valence-electron chi connectivity index (χ2n) is 6.48. The molecule has 1 spiro atoms. The molecule has 124 valence electrons. The summed E-state index contributed by atoms with van der Waals surface area (Å²) in [6.07, 6.45) is -2.43. The van der Waals surface area contributed by atoms with Crippen molar-refractivity contribution in [2.45, 2.75) is 38.2 Å². The van der Waals surface area contributed by atoms with E-state index in [4.69, 9.17) is 18.9 Å². The van der Waals surface area contributed by atoms with Crippen LogP contribution in [0.3, 0.4) is 0 Å². The van der Waals surface area contributed by atoms with Crippen LogP contribution in [0.2, 0.25) is 0 Å². The highest BCUT2D eigenvalue weighted by molar-refractivity contribution is 5.91. The zero-order chi connectivity index (χ0) is 16.8. The van der Waals surface area contributed by atoms with Crippen LogP contribution in [0.4, 0.5) is 9.59 Å². The Kier molecular flexibility index (Phi) is 3.48. The molecule has 3 rings (SSSR count). The maximum Gasteiger partial charge on any atom is 0.420 e. The molecule has 0 saturated carbocycles. The molecule has 1 fully saturated rings. The standard InChI is InChI=1S/C16H19NO6/c1-15(2,3)23-14(19)17-13(18)21-9-16(17)10-7-5-6-8-11(10)22-12(16)20-4/h5-8,12H,9H2,1-4H3/t12-,16-/m1/s1. The van der Waals surface area contributed by atoms with Crippen LogP contribution in [-0.2, 0) is 19.7 Å². The van der Waals surface area contributed by atoms with Crippen LogP contribution >= 0.6 is 0 Å². The number of amides is 2. The fraction of sp³-hybridized carbons (Fsp3) is 0.500. The van der Waals surface area contributed by atoms with Crippen molar-refractivity contribution in [2.24, 2.45) is 0 Å². The molecule has 2 amide bonds. The first-order valence-corrected chi connectivity index (χ1v) is 7.28. The van der Waals surface area contributed by atoms with Gasteiger partial charge in [0, 0.05) is 12.7 Å². The Morgan fingerprint density at radius 1 is 1.35 bits per heavy atom. The molecule has 7 heteroatoms. The fourth-order valence-electron chi connectivity index (χ4n) is 2.89. The minimum Gasteiger partial charge on any atom is -0.461 e. The van der Waals surface area contributed by atoms with E-state index in [0.717, 1.165) is 4.90 Å². The summed E-state index contributed by atoms with van der Waals surface area (Å²) in [4.78, 5) is 25.8. The van der Waals surface area contributed by atoms with Crippen molar-refractivity contribution in [3.63, 3.8) is 0 Å². The van der Waals surface area contributed by atoms with E-state index < -0.39 is 29.6 Å². The second-order valence-corrected chi connectivity index (χ2v) is 6.48. The first-order valence-electron chi connectivity index (χ1n) is 7.28. The molecule has 0 unspecified atom stereocenters. The molecule has 1 aromatic rings. The molecule has 2 heterocycles. The summed E-state index contributed by atoms with van der Waals surface area (Å²) in [5, 5.41) is 0. The van der Waals surface area contributed by atoms with E-state index in [1.165, 1.54) is 7.11 Å². The van der Waals surface area contributed by atoms with Gasteiger partial charge in [0.15, 0.2) is 5.54 Å². The number of imide groups is 1. The molecule has 23 heavy (non-hydrogen) atoms. The predicted molar refractivity (Wildman–Crippen MR) is 79.0 cm³/mol. The number of para-hydroxylation sites is 1. The van der Waals surface area contributed by atoms with Crippen LogP contribution in [0.15, 0.2) is 24.3 Å². The van der Waals surface area contributed by atoms with Gasteiger partial charge in [-0.3, -0.25) is 0 Å². The van der Waals surface area contributed by atoms with Gasteiger partial charge in [0.25, 0.3) is 0 Å². The Hall–Kier alpha value is -2.28. The number of carbonyl (C=O) groups is 2. The van der Waals surface area contributed by atoms with Gasteiger partial charge in [-0.1, -0.05) is 18.2 Å². The maximum absolute atomic E-state index is 12.6. The number of fused-ring (bicyclic) bond motifs is 2. The first kappa shape index (κ1) is 15.6. The number of rotatable bonds is 1. The van der Waals surface area contributed by atoms with E-state index in [1.807, 2.05) is 0 Å². The van der Waals surface area contributed by atoms with E-state index in [1.54, 1.807) is 45.0 Å². The van der Waals surface area contributed by atoms with Gasteiger partial charge in [-0.25, -0.2) is 9.59 Å². The fourth-order valence-corrected chi connectivity index (χ4v) is 2.89. The molecule has 0 bridgehead atoms. The van der Waals surface area contributed by atoms with Crippen LogP contribution in [-0.4, -0.2) is 42.7 Å². The number of ether oxygens (including phenoxy) is 4. The highest BCUT2D eigenvalue weighted by Gasteiger charge is 2.64. The number of methoxy groups -OCH3 is 1. The van der Waals surface area contributed by atoms with Gasteiger partial charge >= 0.3 is 12.2 Å². The van der Waals surface area contributed by atoms with E-state index in [9.17, 15) is 9.59 Å². The zero-order valence-corrected chi connectivity index (χ0v) is 13.5. The van der Waals surface area contributed by atoms with E-state index >= 15 is 0 Å². The van der Waals surface area contributed by atoms with E-state index in [0.29, 0.717) is 11.3 Å². The Morgan fingerprint density at radius 2 is 2.04 bits per heavy atom. The zero-order valence-electron chi connectivity index (χ0n) is 13.5. The van der Waals surface area contributed by atoms with Crippen molar-refractivity contribution < 1.29 is 28.5 Å². The van der Waals surface area contributed by atoms with Crippen molar-refractivity contribution in [2.75, 3.05) is 13.7 Å². The third kappa shape index (κ3) is 2.31. The van der Waals surface area contributed by atoms with Crippen LogP contribution in [0.25, 0.3) is 0 Å². The van der Waals surface area contributed by atoms with E-state index in [2.05, 4.69) is 0 Å². The number of nitrogens with zero attached hydrogens (tertiary/aromatic N) is 1. The van der Waals surface area contributed by atoms with Crippen molar-refractivity contribution in [1.82, 2.24) is 4.90 Å². The van der Waals surface area contributed by atoms with Crippen LogP contribution in [0.1, 0.15) is 26.3 Å². The molecule has 0 aromatic heterocycles. The highest BCUT2D eigenvalue weighted by atomic mass is 16.7. The minimum absolute atomic E-state index is 0.0550. The molecule has 2 aliphatic rings. The Morgan fingerprint density at radius 3 is 2.70 bits per heavy atom. The summed E-state index contributed by atoms with van der Waals surface area (Å²) in [6.45, 7) is 5.13. The quantitative estimate of drug-likeness (QED) is 0.791. The normalized spacial score (nSPS) is 26.0. The summed E-state index contributed by atoms with van der Waals surface area (Å²) < 4.78 is 21.7. The summed E-state index contributed by atoms with van der Waals surface area (Å²) in [5.74, 6) is 0.547. The van der Waals surface area contributed by atoms with Crippen LogP contribution in [0, 0.1) is 0 Å². The lowest BCUT2D eigenvalue weighted by Crippen LogP contribution is -2.55. The number of cyclic esters (lactones) is 1. The second kappa shape index (κ2) is 5.13. The third-order valence-corrected chi connectivity index (χ3v) is 3.76. The topological polar surface area (TPSA) is 74.3 Å². The SMILES string of the molecule is CO[C@@H]1Oc2ccccc2[C@]12COC(=O)N2C(=O)OC(C)(C)C. The smallest absolute Gasteiger partial charge is 0.420 e. The number of hydrogen-bond acceptors (Lipinski definition) is 6. The minimum atomic E-state index is -1.19. The summed E-state index contributed by atoms with van der Waals surface area (Å²) in [7, 11) is 1.45. The molecule has 0 radical (unpaired) electrons. The molecule has 2 atom stereocenters. The molecular weight excluding hydrogens is 302 g/mol. The van der Waals surface area contributed by atoms with Crippen molar-refractivity contribution in [1.29, 1.82) is 0 Å². The van der Waals surface area contributed by atoms with Crippen LogP contribution < -0.4 is 4.74 Å². The molecule has 2 aliphatic heterocycles. The lowest BCUT2D eigenvalue weighted by atomic mass is 9.90. The first-order chi connectivity index (χ1) is 10.8. The number of hydrogen-bond donors (Lipinski definition) is 0. The summed E-state index contributed by atoms with van der Waals surface area (Å²) in [5.41, 5.74) is -1.28. The van der Waals surface area contributed by atoms with Gasteiger partial charge in [-0.15, -0.1) is 0 Å². The summed E-state index contributed by atoms with van der Waals surface area (Å²) in [6, 6.07) is 7.15. The van der Waals surface area contributed by atoms with Gasteiger partial charge in [-0.05, 0) is 26.8 Å². The monoisotopic (exact) mass is 321 g/mol. The predicted octanol–water partition coefficient (Wildman–Crippen LogP) is 2.63. The number of carbonyl (C=O) groups excluding carboxylic acids is 2. The number of benzene rings is 1. The summed E-state index contributed by atoms with van der Waals surface area (Å²) >= 11 is 0. The van der Waals surface area contributed by atoms with Crippen molar-refractivity contribution in [3.05, 3.63) is 29.8 Å².